The van der Waals surface area contributed by atoms with E-state index in [2.05, 4.69) is 47.5 Å². The second-order valence-corrected chi connectivity index (χ2v) is 11.6. The van der Waals surface area contributed by atoms with Crippen LogP contribution < -0.4 is 25.4 Å². The fourth-order valence-corrected chi connectivity index (χ4v) is 6.09. The Morgan fingerprint density at radius 2 is 1.78 bits per heavy atom. The molecular formula is C27H36N8O5S. The molecule has 3 aliphatic rings. The molecule has 2 saturated heterocycles. The van der Waals surface area contributed by atoms with Crippen molar-refractivity contribution in [1.29, 1.82) is 0 Å². The number of carbonyl (C=O) groups is 3. The first kappa shape index (κ1) is 28.9. The van der Waals surface area contributed by atoms with Gasteiger partial charge in [0.05, 0.1) is 0 Å². The number of anilines is 1. The number of benzene rings is 1. The summed E-state index contributed by atoms with van der Waals surface area (Å²) in [5.41, 5.74) is 2.52. The van der Waals surface area contributed by atoms with Gasteiger partial charge in [-0.25, -0.2) is 33.2 Å². The maximum Gasteiger partial charge on any atom is 0.420 e. The summed E-state index contributed by atoms with van der Waals surface area (Å²) in [4.78, 5) is 48.0. The maximum absolute atomic E-state index is 13.0. The van der Waals surface area contributed by atoms with E-state index in [1.807, 2.05) is 12.1 Å². The van der Waals surface area contributed by atoms with Gasteiger partial charge in [-0.15, -0.1) is 0 Å². The number of ether oxygens (including phenoxy) is 1. The lowest BCUT2D eigenvalue weighted by Crippen LogP contribution is -2.45. The minimum Gasteiger partial charge on any atom is -0.444 e. The van der Waals surface area contributed by atoms with Crippen LogP contribution in [-0.2, 0) is 28.8 Å². The number of likely N-dealkylation sites (tertiary alicyclic amines) is 1. The molecule has 3 heterocycles. The lowest BCUT2D eigenvalue weighted by Gasteiger charge is -2.32. The first-order valence-corrected chi connectivity index (χ1v) is 15.2. The summed E-state index contributed by atoms with van der Waals surface area (Å²) >= 11 is -1.76. The molecule has 2 fully saturated rings. The summed E-state index contributed by atoms with van der Waals surface area (Å²) < 4.78 is 22.6. The highest BCUT2D eigenvalue weighted by Gasteiger charge is 2.27. The molecule has 2 aromatic rings. The van der Waals surface area contributed by atoms with Crippen molar-refractivity contribution in [3.05, 3.63) is 53.5 Å². The molecule has 41 heavy (non-hydrogen) atoms. The van der Waals surface area contributed by atoms with Crippen molar-refractivity contribution in [3.63, 3.8) is 0 Å². The van der Waals surface area contributed by atoms with Gasteiger partial charge >= 0.3 is 12.1 Å². The topological polar surface area (TPSA) is 167 Å². The maximum atomic E-state index is 13.0. The number of rotatable bonds is 8. The molecule has 2 atom stereocenters. The van der Waals surface area contributed by atoms with Crippen molar-refractivity contribution in [2.24, 2.45) is 5.92 Å². The van der Waals surface area contributed by atoms with Gasteiger partial charge in [0.25, 0.3) is 5.91 Å². The summed E-state index contributed by atoms with van der Waals surface area (Å²) in [5, 5.41) is 8.92. The molecule has 14 heteroatoms. The summed E-state index contributed by atoms with van der Waals surface area (Å²) in [6.45, 7) is 2.89. The Morgan fingerprint density at radius 1 is 1.05 bits per heavy atom. The molecule has 1 aromatic carbocycles. The molecule has 4 amide bonds. The van der Waals surface area contributed by atoms with Crippen LogP contribution in [0.25, 0.3) is 0 Å². The predicted molar refractivity (Wildman–Crippen MR) is 152 cm³/mol. The Balaban J connectivity index is 1.04. The minimum atomic E-state index is -1.76. The Kier molecular flexibility index (Phi) is 9.75. The van der Waals surface area contributed by atoms with Crippen molar-refractivity contribution >= 4 is 35.0 Å². The number of carbonyl (C=O) groups excluding carboxylic acids is 3. The fourth-order valence-electron chi connectivity index (χ4n) is 5.43. The number of piperidine rings is 2. The molecule has 0 saturated carbocycles. The van der Waals surface area contributed by atoms with Gasteiger partial charge in [0.15, 0.2) is 22.7 Å². The molecule has 0 bridgehead atoms. The Morgan fingerprint density at radius 3 is 2.49 bits per heavy atom. The van der Waals surface area contributed by atoms with Crippen molar-refractivity contribution in [2.75, 3.05) is 38.0 Å². The zero-order chi connectivity index (χ0) is 28.6. The third-order valence-electron chi connectivity index (χ3n) is 7.63. The van der Waals surface area contributed by atoms with Gasteiger partial charge in [0.1, 0.15) is 6.10 Å². The summed E-state index contributed by atoms with van der Waals surface area (Å²) in [6, 6.07) is 7.72. The summed E-state index contributed by atoms with van der Waals surface area (Å²) in [6.07, 6.45) is 6.53. The largest absolute Gasteiger partial charge is 0.444 e. The standard InChI is InChI=1S/C27H36N8O5S/c36-25(32-21-14-19-4-1-2-5-20(19)15-21)23-24(30-11-10-29-23)33-26(37)35-12-7-18(8-13-35)16-31-41(39)34-27(38)40-22-6-3-9-28-17-22/h1-2,4-5,10-11,18,21-22,28,31H,3,6-9,12-17H2,(H,32,36)(H,34,38)(H,30,33,37). The van der Waals surface area contributed by atoms with Gasteiger partial charge in [-0.05, 0) is 62.1 Å². The summed E-state index contributed by atoms with van der Waals surface area (Å²) in [5.74, 6) is -0.0830. The van der Waals surface area contributed by atoms with Crippen LogP contribution in [0.2, 0.25) is 0 Å². The highest BCUT2D eigenvalue weighted by Crippen LogP contribution is 2.23. The molecule has 220 valence electrons. The van der Waals surface area contributed by atoms with Gasteiger partial charge in [-0.2, -0.15) is 0 Å². The Bertz CT molecular complexity index is 1240. The van der Waals surface area contributed by atoms with Crippen LogP contribution in [0.15, 0.2) is 36.7 Å². The van der Waals surface area contributed by atoms with Gasteiger partial charge < -0.3 is 20.3 Å². The van der Waals surface area contributed by atoms with Gasteiger partial charge in [-0.1, -0.05) is 24.3 Å². The SMILES string of the molecule is O=C(NS(=O)NCC1CCN(C(=O)Nc2nccnc2C(=O)NC2Cc3ccccc3C2)CC1)OC1CCCNC1. The van der Waals surface area contributed by atoms with Crippen LogP contribution in [0.3, 0.4) is 0 Å². The van der Waals surface area contributed by atoms with Crippen LogP contribution in [0.5, 0.6) is 0 Å². The zero-order valence-corrected chi connectivity index (χ0v) is 23.6. The van der Waals surface area contributed by atoms with E-state index in [4.69, 9.17) is 4.74 Å². The third-order valence-corrected chi connectivity index (χ3v) is 8.41. The second kappa shape index (κ2) is 13.8. The van der Waals surface area contributed by atoms with E-state index in [9.17, 15) is 18.6 Å². The lowest BCUT2D eigenvalue weighted by molar-refractivity contribution is 0.0872. The van der Waals surface area contributed by atoms with E-state index < -0.39 is 17.3 Å². The van der Waals surface area contributed by atoms with Crippen LogP contribution in [0, 0.1) is 5.92 Å². The Hall–Kier alpha value is -3.62. The molecule has 13 nitrogen and oxygen atoms in total. The van der Waals surface area contributed by atoms with Crippen molar-refractivity contribution in [3.8, 4) is 0 Å². The fraction of sp³-hybridized carbons (Fsp3) is 0.519. The quantitative estimate of drug-likeness (QED) is 0.309. The van der Waals surface area contributed by atoms with E-state index >= 15 is 0 Å². The van der Waals surface area contributed by atoms with E-state index in [-0.39, 0.29) is 41.5 Å². The van der Waals surface area contributed by atoms with Crippen molar-refractivity contribution < 1.29 is 23.3 Å². The molecule has 1 aliphatic carbocycles. The number of amides is 4. The van der Waals surface area contributed by atoms with E-state index in [1.165, 1.54) is 23.5 Å². The molecule has 5 rings (SSSR count). The molecule has 5 N–H and O–H groups in total. The van der Waals surface area contributed by atoms with Gasteiger partial charge in [-0.3, -0.25) is 10.1 Å². The number of urea groups is 1. The average molecular weight is 585 g/mol. The highest BCUT2D eigenvalue weighted by molar-refractivity contribution is 7.81. The number of nitrogens with one attached hydrogen (secondary N) is 5. The molecule has 0 spiro atoms. The van der Waals surface area contributed by atoms with Crippen molar-refractivity contribution in [2.45, 2.75) is 50.7 Å². The number of fused-ring (bicyclic) bond motifs is 1. The van der Waals surface area contributed by atoms with Crippen LogP contribution in [-0.4, -0.2) is 82.0 Å². The van der Waals surface area contributed by atoms with E-state index in [1.54, 1.807) is 4.90 Å². The lowest BCUT2D eigenvalue weighted by atomic mass is 9.97. The monoisotopic (exact) mass is 584 g/mol. The van der Waals surface area contributed by atoms with Crippen LogP contribution in [0.4, 0.5) is 15.4 Å². The normalized spacial score (nSPS) is 20.1. The van der Waals surface area contributed by atoms with Gasteiger partial charge in [0.2, 0.25) is 0 Å². The first-order valence-electron chi connectivity index (χ1n) is 14.0. The molecule has 0 radical (unpaired) electrons. The molecule has 1 aromatic heterocycles. The average Bonchev–Trinajstić information content (AvgIpc) is 3.39. The Labute approximate surface area is 241 Å². The van der Waals surface area contributed by atoms with Crippen molar-refractivity contribution in [1.82, 2.24) is 34.9 Å². The van der Waals surface area contributed by atoms with Gasteiger partial charge in [0, 0.05) is 44.6 Å². The highest BCUT2D eigenvalue weighted by atomic mass is 32.2. The number of nitrogens with zero attached hydrogens (tertiary/aromatic N) is 3. The molecule has 2 unspecified atom stereocenters. The molecule has 2 aliphatic heterocycles. The smallest absolute Gasteiger partial charge is 0.420 e. The van der Waals surface area contributed by atoms with E-state index in [0.29, 0.717) is 39.0 Å². The third kappa shape index (κ3) is 7.99. The molecular weight excluding hydrogens is 548 g/mol. The first-order chi connectivity index (χ1) is 19.9. The second-order valence-electron chi connectivity index (χ2n) is 10.6. The number of hydrogen-bond acceptors (Lipinski definition) is 8. The van der Waals surface area contributed by atoms with Crippen LogP contribution >= 0.6 is 0 Å². The zero-order valence-electron chi connectivity index (χ0n) is 22.8. The minimum absolute atomic E-state index is 0.0394. The summed E-state index contributed by atoms with van der Waals surface area (Å²) in [7, 11) is 0. The van der Waals surface area contributed by atoms with Crippen LogP contribution in [0.1, 0.15) is 47.3 Å². The number of aromatic nitrogens is 2. The number of hydrogen-bond donors (Lipinski definition) is 5. The van der Waals surface area contributed by atoms with E-state index in [0.717, 1.165) is 32.2 Å². The predicted octanol–water partition coefficient (Wildman–Crippen LogP) is 1.26.